The molecule has 1 N–H and O–H groups in total. The fourth-order valence-electron chi connectivity index (χ4n) is 3.84. The van der Waals surface area contributed by atoms with Crippen LogP contribution in [0.1, 0.15) is 39.0 Å². The standard InChI is InChI=1S/C19H38N4O2.HI/c1-4-23-11-5-7-18(23)15-22(3)19(20-2)21-10-6-12-25-16-17-8-13-24-14-9-17;/h17-18H,4-16H2,1-3H3,(H,20,21);1H. The van der Waals surface area contributed by atoms with Gasteiger partial charge in [-0.05, 0) is 51.1 Å². The van der Waals surface area contributed by atoms with Crippen molar-refractivity contribution in [2.45, 2.75) is 45.1 Å². The lowest BCUT2D eigenvalue weighted by Gasteiger charge is -2.29. The highest BCUT2D eigenvalue weighted by Gasteiger charge is 2.24. The minimum Gasteiger partial charge on any atom is -0.381 e. The van der Waals surface area contributed by atoms with Gasteiger partial charge >= 0.3 is 0 Å². The van der Waals surface area contributed by atoms with Crippen molar-refractivity contribution >= 4 is 29.9 Å². The van der Waals surface area contributed by atoms with Gasteiger partial charge in [-0.2, -0.15) is 0 Å². The number of likely N-dealkylation sites (N-methyl/N-ethyl adjacent to an activating group) is 2. The molecule has 0 amide bonds. The molecule has 0 aromatic heterocycles. The number of hydrogen-bond donors (Lipinski definition) is 1. The predicted octanol–water partition coefficient (Wildman–Crippen LogP) is 2.43. The quantitative estimate of drug-likeness (QED) is 0.237. The molecular formula is C19H39IN4O2. The zero-order valence-corrected chi connectivity index (χ0v) is 19.2. The highest BCUT2D eigenvalue weighted by Crippen LogP contribution is 2.17. The number of aliphatic imine (C=N–C) groups is 1. The summed E-state index contributed by atoms with van der Waals surface area (Å²) in [7, 11) is 4.01. The molecule has 0 saturated carbocycles. The van der Waals surface area contributed by atoms with Crippen molar-refractivity contribution in [1.29, 1.82) is 0 Å². The summed E-state index contributed by atoms with van der Waals surface area (Å²) in [5.41, 5.74) is 0. The van der Waals surface area contributed by atoms with Gasteiger partial charge in [0.25, 0.3) is 0 Å². The maximum atomic E-state index is 5.83. The lowest BCUT2D eigenvalue weighted by atomic mass is 10.0. The normalized spacial score (nSPS) is 22.3. The second-order valence-electron chi connectivity index (χ2n) is 7.26. The van der Waals surface area contributed by atoms with E-state index in [1.807, 2.05) is 7.05 Å². The van der Waals surface area contributed by atoms with Crippen LogP contribution in [-0.2, 0) is 9.47 Å². The monoisotopic (exact) mass is 482 g/mol. The molecule has 2 rings (SSSR count). The van der Waals surface area contributed by atoms with Crippen LogP contribution in [0.4, 0.5) is 0 Å². The Morgan fingerprint density at radius 2 is 2.08 bits per heavy atom. The van der Waals surface area contributed by atoms with Gasteiger partial charge in [-0.15, -0.1) is 24.0 Å². The smallest absolute Gasteiger partial charge is 0.193 e. The summed E-state index contributed by atoms with van der Waals surface area (Å²) >= 11 is 0. The zero-order valence-electron chi connectivity index (χ0n) is 16.9. The Balaban J connectivity index is 0.00000338. The molecule has 0 aromatic rings. The number of halogens is 1. The largest absolute Gasteiger partial charge is 0.381 e. The minimum absolute atomic E-state index is 0. The molecule has 0 aromatic carbocycles. The summed E-state index contributed by atoms with van der Waals surface area (Å²) in [5, 5.41) is 3.47. The molecule has 2 fully saturated rings. The van der Waals surface area contributed by atoms with E-state index in [-0.39, 0.29) is 24.0 Å². The van der Waals surface area contributed by atoms with Crippen LogP contribution in [0.5, 0.6) is 0 Å². The van der Waals surface area contributed by atoms with E-state index in [1.165, 1.54) is 19.4 Å². The van der Waals surface area contributed by atoms with Crippen molar-refractivity contribution in [2.75, 3.05) is 66.7 Å². The van der Waals surface area contributed by atoms with E-state index < -0.39 is 0 Å². The van der Waals surface area contributed by atoms with Gasteiger partial charge in [-0.1, -0.05) is 6.92 Å². The molecule has 0 spiro atoms. The Morgan fingerprint density at radius 3 is 2.77 bits per heavy atom. The van der Waals surface area contributed by atoms with Crippen molar-refractivity contribution in [1.82, 2.24) is 15.1 Å². The molecule has 2 heterocycles. The van der Waals surface area contributed by atoms with Gasteiger partial charge in [0, 0.05) is 59.7 Å². The third kappa shape index (κ3) is 8.27. The molecule has 1 atom stereocenters. The molecule has 26 heavy (non-hydrogen) atoms. The maximum Gasteiger partial charge on any atom is 0.193 e. The topological polar surface area (TPSA) is 49.3 Å². The summed E-state index contributed by atoms with van der Waals surface area (Å²) in [4.78, 5) is 9.27. The van der Waals surface area contributed by atoms with Crippen molar-refractivity contribution in [3.8, 4) is 0 Å². The van der Waals surface area contributed by atoms with Crippen LogP contribution >= 0.6 is 24.0 Å². The van der Waals surface area contributed by atoms with Gasteiger partial charge in [-0.25, -0.2) is 0 Å². The molecule has 2 aliphatic rings. The van der Waals surface area contributed by atoms with E-state index in [2.05, 4.69) is 34.1 Å². The number of nitrogens with one attached hydrogen (secondary N) is 1. The SMILES string of the molecule is CCN1CCCC1CN(C)C(=NC)NCCCOCC1CCOCC1.I. The van der Waals surface area contributed by atoms with E-state index in [0.717, 1.165) is 71.3 Å². The van der Waals surface area contributed by atoms with Crippen molar-refractivity contribution in [3.63, 3.8) is 0 Å². The van der Waals surface area contributed by atoms with E-state index in [9.17, 15) is 0 Å². The molecular weight excluding hydrogens is 443 g/mol. The van der Waals surface area contributed by atoms with E-state index in [1.54, 1.807) is 0 Å². The third-order valence-electron chi connectivity index (χ3n) is 5.41. The van der Waals surface area contributed by atoms with Gasteiger partial charge in [0.05, 0.1) is 0 Å². The van der Waals surface area contributed by atoms with E-state index in [0.29, 0.717) is 12.0 Å². The van der Waals surface area contributed by atoms with Crippen LogP contribution in [0.15, 0.2) is 4.99 Å². The molecule has 154 valence electrons. The first-order valence-electron chi connectivity index (χ1n) is 10.1. The van der Waals surface area contributed by atoms with Crippen LogP contribution in [0.25, 0.3) is 0 Å². The van der Waals surface area contributed by atoms with Crippen molar-refractivity contribution in [2.24, 2.45) is 10.9 Å². The molecule has 0 aliphatic carbocycles. The van der Waals surface area contributed by atoms with Crippen LogP contribution in [0.2, 0.25) is 0 Å². The minimum atomic E-state index is 0. The predicted molar refractivity (Wildman–Crippen MR) is 119 cm³/mol. The van der Waals surface area contributed by atoms with Gasteiger partial charge in [0.1, 0.15) is 0 Å². The van der Waals surface area contributed by atoms with E-state index in [4.69, 9.17) is 9.47 Å². The van der Waals surface area contributed by atoms with Gasteiger partial charge in [-0.3, -0.25) is 9.89 Å². The number of guanidine groups is 1. The van der Waals surface area contributed by atoms with Crippen LogP contribution in [0.3, 0.4) is 0 Å². The Hall–Kier alpha value is -0.120. The number of likely N-dealkylation sites (tertiary alicyclic amines) is 1. The first kappa shape index (κ1) is 23.9. The summed E-state index contributed by atoms with van der Waals surface area (Å²) in [6, 6.07) is 0.663. The Labute approximate surface area is 177 Å². The molecule has 0 bridgehead atoms. The Kier molecular flexibility index (Phi) is 12.8. The average molecular weight is 482 g/mol. The molecule has 1 unspecified atom stereocenters. The van der Waals surface area contributed by atoms with Crippen LogP contribution in [0, 0.1) is 5.92 Å². The number of hydrogen-bond acceptors (Lipinski definition) is 4. The number of ether oxygens (including phenoxy) is 2. The second kappa shape index (κ2) is 14.0. The summed E-state index contributed by atoms with van der Waals surface area (Å²) in [6.45, 7) is 10.1. The highest BCUT2D eigenvalue weighted by molar-refractivity contribution is 14.0. The fourth-order valence-corrected chi connectivity index (χ4v) is 3.84. The Morgan fingerprint density at radius 1 is 1.31 bits per heavy atom. The van der Waals surface area contributed by atoms with Gasteiger partial charge in [0.15, 0.2) is 5.96 Å². The molecule has 2 aliphatic heterocycles. The number of rotatable bonds is 9. The molecule has 2 saturated heterocycles. The first-order chi connectivity index (χ1) is 12.2. The summed E-state index contributed by atoms with van der Waals surface area (Å²) in [6.07, 6.45) is 5.93. The zero-order chi connectivity index (χ0) is 17.9. The molecule has 7 heteroatoms. The molecule has 0 radical (unpaired) electrons. The molecule has 6 nitrogen and oxygen atoms in total. The van der Waals surface area contributed by atoms with Crippen molar-refractivity contribution < 1.29 is 9.47 Å². The number of nitrogens with zero attached hydrogens (tertiary/aromatic N) is 3. The summed E-state index contributed by atoms with van der Waals surface area (Å²) in [5.74, 6) is 1.68. The lowest BCUT2D eigenvalue weighted by molar-refractivity contribution is 0.0203. The fraction of sp³-hybridized carbons (Fsp3) is 0.947. The Bertz CT molecular complexity index is 392. The van der Waals surface area contributed by atoms with Gasteiger partial charge < -0.3 is 19.7 Å². The van der Waals surface area contributed by atoms with Crippen molar-refractivity contribution in [3.05, 3.63) is 0 Å². The first-order valence-corrected chi connectivity index (χ1v) is 10.1. The van der Waals surface area contributed by atoms with E-state index >= 15 is 0 Å². The van der Waals surface area contributed by atoms with Gasteiger partial charge in [0.2, 0.25) is 0 Å². The average Bonchev–Trinajstić information content (AvgIpc) is 3.09. The van der Waals surface area contributed by atoms with Crippen LogP contribution < -0.4 is 5.32 Å². The second-order valence-corrected chi connectivity index (χ2v) is 7.26. The highest BCUT2D eigenvalue weighted by atomic mass is 127. The third-order valence-corrected chi connectivity index (χ3v) is 5.41. The van der Waals surface area contributed by atoms with Crippen LogP contribution in [-0.4, -0.2) is 88.5 Å². The maximum absolute atomic E-state index is 5.83. The summed E-state index contributed by atoms with van der Waals surface area (Å²) < 4.78 is 11.2. The lowest BCUT2D eigenvalue weighted by Crippen LogP contribution is -2.46.